The Kier molecular flexibility index (Phi) is 2.70. The van der Waals surface area contributed by atoms with Gasteiger partial charge >= 0.3 is 0 Å². The van der Waals surface area contributed by atoms with Crippen LogP contribution in [-0.4, -0.2) is 10.9 Å². The van der Waals surface area contributed by atoms with E-state index in [4.69, 9.17) is 5.73 Å². The Morgan fingerprint density at radius 2 is 1.88 bits per heavy atom. The summed E-state index contributed by atoms with van der Waals surface area (Å²) < 4.78 is 26.1. The lowest BCUT2D eigenvalue weighted by molar-refractivity contribution is -0.0514. The third-order valence-electron chi connectivity index (χ3n) is 3.35. The third kappa shape index (κ3) is 2.21. The molecule has 1 fully saturated rings. The van der Waals surface area contributed by atoms with Crippen molar-refractivity contribution in [2.24, 2.45) is 5.73 Å². The number of pyridine rings is 1. The van der Waals surface area contributed by atoms with E-state index < -0.39 is 11.5 Å². The summed E-state index contributed by atoms with van der Waals surface area (Å²) in [7, 11) is 0. The van der Waals surface area contributed by atoms with Crippen molar-refractivity contribution in [1.29, 1.82) is 0 Å². The van der Waals surface area contributed by atoms with E-state index in [9.17, 15) is 8.78 Å². The van der Waals surface area contributed by atoms with E-state index in [1.807, 2.05) is 19.1 Å². The lowest BCUT2D eigenvalue weighted by Crippen LogP contribution is -2.43. The fourth-order valence-electron chi connectivity index (χ4n) is 2.21. The van der Waals surface area contributed by atoms with Crippen LogP contribution in [0.4, 0.5) is 8.78 Å². The molecule has 0 saturated heterocycles. The minimum atomic E-state index is -2.54. The van der Waals surface area contributed by atoms with Crippen LogP contribution in [0.3, 0.4) is 0 Å². The monoisotopic (exact) mass is 226 g/mol. The highest BCUT2D eigenvalue weighted by atomic mass is 19.3. The van der Waals surface area contributed by atoms with Crippen molar-refractivity contribution >= 4 is 0 Å². The molecule has 88 valence electrons. The van der Waals surface area contributed by atoms with E-state index in [-0.39, 0.29) is 12.8 Å². The van der Waals surface area contributed by atoms with Crippen molar-refractivity contribution in [2.75, 3.05) is 0 Å². The fraction of sp³-hybridized carbons (Fsp3) is 0.583. The Bertz CT molecular complexity index is 380. The number of hydrogen-bond donors (Lipinski definition) is 1. The second kappa shape index (κ2) is 3.77. The molecule has 1 saturated carbocycles. The van der Waals surface area contributed by atoms with Crippen molar-refractivity contribution in [3.8, 4) is 0 Å². The highest BCUT2D eigenvalue weighted by molar-refractivity contribution is 5.25. The Morgan fingerprint density at radius 3 is 2.44 bits per heavy atom. The molecule has 0 radical (unpaired) electrons. The first-order chi connectivity index (χ1) is 7.41. The molecule has 0 amide bonds. The molecule has 1 aliphatic carbocycles. The van der Waals surface area contributed by atoms with Gasteiger partial charge in [0, 0.05) is 30.3 Å². The molecular weight excluding hydrogens is 210 g/mol. The van der Waals surface area contributed by atoms with Crippen LogP contribution in [0, 0.1) is 6.92 Å². The van der Waals surface area contributed by atoms with E-state index in [0.29, 0.717) is 12.8 Å². The molecule has 0 bridgehead atoms. The molecular formula is C12H16F2N2. The van der Waals surface area contributed by atoms with Gasteiger partial charge in [-0.25, -0.2) is 8.78 Å². The summed E-state index contributed by atoms with van der Waals surface area (Å²) in [6.07, 6.45) is 2.12. The maximum absolute atomic E-state index is 13.1. The summed E-state index contributed by atoms with van der Waals surface area (Å²) in [4.78, 5) is 4.09. The average Bonchev–Trinajstić information content (AvgIpc) is 2.23. The molecule has 1 aromatic rings. The smallest absolute Gasteiger partial charge is 0.248 e. The summed E-state index contributed by atoms with van der Waals surface area (Å²) in [5.74, 6) is -2.54. The molecule has 16 heavy (non-hydrogen) atoms. The van der Waals surface area contributed by atoms with Crippen LogP contribution in [-0.2, 0) is 5.54 Å². The highest BCUT2D eigenvalue weighted by Crippen LogP contribution is 2.42. The summed E-state index contributed by atoms with van der Waals surface area (Å²) in [5, 5.41) is 0. The van der Waals surface area contributed by atoms with Crippen LogP contribution in [0.2, 0.25) is 0 Å². The lowest BCUT2D eigenvalue weighted by atomic mass is 9.76. The average molecular weight is 226 g/mol. The molecule has 2 rings (SSSR count). The van der Waals surface area contributed by atoms with Gasteiger partial charge in [0.15, 0.2) is 0 Å². The largest absolute Gasteiger partial charge is 0.321 e. The summed E-state index contributed by atoms with van der Waals surface area (Å²) in [6.45, 7) is 1.88. The van der Waals surface area contributed by atoms with E-state index in [1.54, 1.807) is 6.20 Å². The normalized spacial score (nSPS) is 23.0. The standard InChI is InChI=1S/C12H16F2N2/c1-9-8-10(2-7-16-9)11(15)3-5-12(13,14)6-4-11/h2,7-8H,3-6,15H2,1H3. The first-order valence-corrected chi connectivity index (χ1v) is 5.51. The zero-order valence-corrected chi connectivity index (χ0v) is 9.34. The molecule has 0 spiro atoms. The van der Waals surface area contributed by atoms with Gasteiger partial charge in [-0.15, -0.1) is 0 Å². The number of rotatable bonds is 1. The van der Waals surface area contributed by atoms with Gasteiger partial charge in [0.25, 0.3) is 0 Å². The van der Waals surface area contributed by atoms with E-state index in [1.165, 1.54) is 0 Å². The number of aromatic nitrogens is 1. The van der Waals surface area contributed by atoms with Gasteiger partial charge in [0.1, 0.15) is 0 Å². The molecule has 1 aliphatic rings. The van der Waals surface area contributed by atoms with Crippen molar-refractivity contribution in [2.45, 2.75) is 44.1 Å². The number of aryl methyl sites for hydroxylation is 1. The summed E-state index contributed by atoms with van der Waals surface area (Å²) in [6, 6.07) is 3.72. The van der Waals surface area contributed by atoms with Crippen molar-refractivity contribution in [3.63, 3.8) is 0 Å². The summed E-state index contributed by atoms with van der Waals surface area (Å²) in [5.41, 5.74) is 7.41. The SMILES string of the molecule is Cc1cc(C2(N)CCC(F)(F)CC2)ccn1. The maximum Gasteiger partial charge on any atom is 0.248 e. The minimum absolute atomic E-state index is 0.120. The molecule has 0 aliphatic heterocycles. The second-order valence-corrected chi connectivity index (χ2v) is 4.70. The Balaban J connectivity index is 2.21. The topological polar surface area (TPSA) is 38.9 Å². The van der Waals surface area contributed by atoms with Gasteiger partial charge in [-0.2, -0.15) is 0 Å². The van der Waals surface area contributed by atoms with Gasteiger partial charge in [0.2, 0.25) is 5.92 Å². The van der Waals surface area contributed by atoms with Gasteiger partial charge in [-0.1, -0.05) is 0 Å². The van der Waals surface area contributed by atoms with Crippen LogP contribution in [0.5, 0.6) is 0 Å². The van der Waals surface area contributed by atoms with Gasteiger partial charge < -0.3 is 5.73 Å². The zero-order chi connectivity index (χ0) is 11.8. The number of alkyl halides is 2. The third-order valence-corrected chi connectivity index (χ3v) is 3.35. The predicted molar refractivity (Wildman–Crippen MR) is 58.3 cm³/mol. The van der Waals surface area contributed by atoms with Gasteiger partial charge in [-0.3, -0.25) is 4.98 Å². The number of nitrogens with two attached hydrogens (primary N) is 1. The fourth-order valence-corrected chi connectivity index (χ4v) is 2.21. The molecule has 0 atom stereocenters. The molecule has 1 heterocycles. The Hall–Kier alpha value is -1.03. The predicted octanol–water partition coefficient (Wildman–Crippen LogP) is 2.75. The Labute approximate surface area is 93.9 Å². The second-order valence-electron chi connectivity index (χ2n) is 4.70. The minimum Gasteiger partial charge on any atom is -0.321 e. The number of hydrogen-bond acceptors (Lipinski definition) is 2. The molecule has 0 aromatic carbocycles. The number of halogens is 2. The lowest BCUT2D eigenvalue weighted by Gasteiger charge is -2.37. The molecule has 2 nitrogen and oxygen atoms in total. The van der Waals surface area contributed by atoms with Crippen LogP contribution in [0.15, 0.2) is 18.3 Å². The molecule has 1 aromatic heterocycles. The van der Waals surface area contributed by atoms with E-state index in [2.05, 4.69) is 4.98 Å². The Morgan fingerprint density at radius 1 is 1.25 bits per heavy atom. The summed E-state index contributed by atoms with van der Waals surface area (Å²) >= 11 is 0. The van der Waals surface area contributed by atoms with Gasteiger partial charge in [-0.05, 0) is 37.5 Å². The first kappa shape index (κ1) is 11.5. The van der Waals surface area contributed by atoms with Crippen LogP contribution in [0.25, 0.3) is 0 Å². The van der Waals surface area contributed by atoms with Crippen LogP contribution < -0.4 is 5.73 Å². The van der Waals surface area contributed by atoms with Crippen molar-refractivity contribution in [1.82, 2.24) is 4.98 Å². The number of nitrogens with zero attached hydrogens (tertiary/aromatic N) is 1. The quantitative estimate of drug-likeness (QED) is 0.799. The zero-order valence-electron chi connectivity index (χ0n) is 9.34. The highest BCUT2D eigenvalue weighted by Gasteiger charge is 2.42. The van der Waals surface area contributed by atoms with E-state index >= 15 is 0 Å². The van der Waals surface area contributed by atoms with Crippen LogP contribution in [0.1, 0.15) is 36.9 Å². The molecule has 0 unspecified atom stereocenters. The van der Waals surface area contributed by atoms with Crippen LogP contribution >= 0.6 is 0 Å². The first-order valence-electron chi connectivity index (χ1n) is 5.51. The molecule has 2 N–H and O–H groups in total. The van der Waals surface area contributed by atoms with Gasteiger partial charge in [0.05, 0.1) is 0 Å². The van der Waals surface area contributed by atoms with E-state index in [0.717, 1.165) is 11.3 Å². The molecule has 4 heteroatoms. The van der Waals surface area contributed by atoms with Crippen molar-refractivity contribution in [3.05, 3.63) is 29.6 Å². The maximum atomic E-state index is 13.1. The van der Waals surface area contributed by atoms with Crippen molar-refractivity contribution < 1.29 is 8.78 Å².